The van der Waals surface area contributed by atoms with Crippen LogP contribution in [0.5, 0.6) is 0 Å². The normalized spacial score (nSPS) is 15.2. The third kappa shape index (κ3) is 4.46. The van der Waals surface area contributed by atoms with Gasteiger partial charge in [-0.15, -0.1) is 0 Å². The van der Waals surface area contributed by atoms with Crippen molar-refractivity contribution < 1.29 is 0 Å². The molecule has 0 fully saturated rings. The molecule has 260 valence electrons. The minimum Gasteiger partial charge on any atom is -0.309 e. The summed E-state index contributed by atoms with van der Waals surface area (Å²) in [6.45, 7) is 9.74. The molecule has 8 aromatic carbocycles. The molecule has 0 bridgehead atoms. The Morgan fingerprint density at radius 1 is 0.389 bits per heavy atom. The third-order valence-corrected chi connectivity index (χ3v) is 12.8. The highest BCUT2D eigenvalue weighted by Crippen LogP contribution is 2.49. The molecule has 0 spiro atoms. The lowest BCUT2D eigenvalue weighted by atomic mass is 9.63. The van der Waals surface area contributed by atoms with Gasteiger partial charge in [0, 0.05) is 38.3 Å². The first-order valence-corrected chi connectivity index (χ1v) is 19.4. The van der Waals surface area contributed by atoms with Crippen LogP contribution in [0, 0.1) is 0 Å². The van der Waals surface area contributed by atoms with Crippen LogP contribution in [0.1, 0.15) is 51.7 Å². The second-order valence-electron chi connectivity index (χ2n) is 16.8. The van der Waals surface area contributed by atoms with Gasteiger partial charge in [0.2, 0.25) is 0 Å². The standard InChI is InChI=1S/C52H42N2/c1-51(2)27-28-52(3,4)46-32-49-42(29-45(46)51)44-31-48-43(30-47(44)53(49)36-16-6-5-7-17-36)41-26-23-34-14-9-11-19-40(34)50(41)54(48)37-24-21-35(22-25-37)39-20-12-15-33-13-8-10-18-38(33)39/h5-26,29-32H,27-28H2,1-4H3. The Kier molecular flexibility index (Phi) is 6.51. The van der Waals surface area contributed by atoms with Crippen LogP contribution >= 0.6 is 0 Å². The van der Waals surface area contributed by atoms with E-state index in [0.29, 0.717) is 0 Å². The molecule has 2 heteroatoms. The van der Waals surface area contributed by atoms with Crippen LogP contribution in [-0.4, -0.2) is 9.13 Å². The average molecular weight is 695 g/mol. The molecule has 1 aliphatic carbocycles. The molecule has 2 nitrogen and oxygen atoms in total. The molecule has 0 saturated carbocycles. The van der Waals surface area contributed by atoms with Crippen LogP contribution in [0.2, 0.25) is 0 Å². The molecular weight excluding hydrogens is 653 g/mol. The number of para-hydroxylation sites is 1. The van der Waals surface area contributed by atoms with Gasteiger partial charge >= 0.3 is 0 Å². The molecule has 2 aromatic heterocycles. The Hall–Kier alpha value is -6.12. The van der Waals surface area contributed by atoms with Crippen molar-refractivity contribution in [2.45, 2.75) is 51.4 Å². The number of aromatic nitrogens is 2. The number of hydrogen-bond acceptors (Lipinski definition) is 0. The molecule has 2 heterocycles. The number of nitrogens with zero attached hydrogens (tertiary/aromatic N) is 2. The Morgan fingerprint density at radius 2 is 0.926 bits per heavy atom. The maximum absolute atomic E-state index is 2.56. The Balaban J connectivity index is 1.25. The molecule has 0 N–H and O–H groups in total. The van der Waals surface area contributed by atoms with Crippen LogP contribution in [0.3, 0.4) is 0 Å². The van der Waals surface area contributed by atoms with Gasteiger partial charge in [0.1, 0.15) is 0 Å². The lowest BCUT2D eigenvalue weighted by molar-refractivity contribution is 0.332. The highest BCUT2D eigenvalue weighted by Gasteiger charge is 2.38. The van der Waals surface area contributed by atoms with E-state index in [1.165, 1.54) is 112 Å². The minimum absolute atomic E-state index is 0.115. The third-order valence-electron chi connectivity index (χ3n) is 12.8. The summed E-state index contributed by atoms with van der Waals surface area (Å²) in [5.41, 5.74) is 13.1. The van der Waals surface area contributed by atoms with Crippen molar-refractivity contribution in [3.05, 3.63) is 169 Å². The van der Waals surface area contributed by atoms with E-state index in [0.717, 1.165) is 0 Å². The molecule has 0 atom stereocenters. The summed E-state index contributed by atoms with van der Waals surface area (Å²) in [5, 5.41) is 10.2. The maximum atomic E-state index is 2.56. The molecule has 0 aliphatic heterocycles. The van der Waals surface area contributed by atoms with Crippen molar-refractivity contribution in [2.24, 2.45) is 0 Å². The van der Waals surface area contributed by atoms with Crippen molar-refractivity contribution in [1.29, 1.82) is 0 Å². The van der Waals surface area contributed by atoms with Gasteiger partial charge in [-0.05, 0) is 111 Å². The number of rotatable bonds is 3. The van der Waals surface area contributed by atoms with Crippen molar-refractivity contribution in [1.82, 2.24) is 9.13 Å². The second-order valence-corrected chi connectivity index (χ2v) is 16.8. The first-order chi connectivity index (χ1) is 26.3. The predicted molar refractivity (Wildman–Crippen MR) is 231 cm³/mol. The van der Waals surface area contributed by atoms with Gasteiger partial charge < -0.3 is 9.13 Å². The first-order valence-electron chi connectivity index (χ1n) is 19.4. The smallest absolute Gasteiger partial charge is 0.0619 e. The molecule has 0 radical (unpaired) electrons. The lowest BCUT2D eigenvalue weighted by Crippen LogP contribution is -2.33. The summed E-state index contributed by atoms with van der Waals surface area (Å²) in [7, 11) is 0. The molecule has 0 unspecified atom stereocenters. The molecular formula is C52H42N2. The number of fused-ring (bicyclic) bond motifs is 10. The highest BCUT2D eigenvalue weighted by atomic mass is 15.0. The summed E-state index contributed by atoms with van der Waals surface area (Å²) in [5.74, 6) is 0. The zero-order chi connectivity index (χ0) is 36.3. The van der Waals surface area contributed by atoms with E-state index >= 15 is 0 Å². The van der Waals surface area contributed by atoms with E-state index in [4.69, 9.17) is 0 Å². The SMILES string of the molecule is CC1(C)CCC(C)(C)c2cc3c(cc21)c1cc2c(cc1n3-c1ccccc1)c1ccc3ccccc3c1n2-c1ccc(-c2cccc3ccccc23)cc1. The van der Waals surface area contributed by atoms with Crippen molar-refractivity contribution >= 4 is 65.2 Å². The summed E-state index contributed by atoms with van der Waals surface area (Å²) in [4.78, 5) is 0. The lowest BCUT2D eigenvalue weighted by Gasteiger charge is -2.42. The van der Waals surface area contributed by atoms with E-state index in [1.807, 2.05) is 0 Å². The second kappa shape index (κ2) is 11.2. The largest absolute Gasteiger partial charge is 0.309 e. The van der Waals surface area contributed by atoms with Crippen LogP contribution in [-0.2, 0) is 10.8 Å². The van der Waals surface area contributed by atoms with Crippen LogP contribution in [0.15, 0.2) is 158 Å². The van der Waals surface area contributed by atoms with Gasteiger partial charge in [-0.1, -0.05) is 137 Å². The number of benzene rings is 8. The van der Waals surface area contributed by atoms with Crippen molar-refractivity contribution in [3.63, 3.8) is 0 Å². The fourth-order valence-corrected chi connectivity index (χ4v) is 9.74. The molecule has 11 rings (SSSR count). The van der Waals surface area contributed by atoms with E-state index in [9.17, 15) is 0 Å². The summed E-state index contributed by atoms with van der Waals surface area (Å²) < 4.78 is 5.04. The van der Waals surface area contributed by atoms with E-state index in [2.05, 4.69) is 195 Å². The molecule has 0 saturated heterocycles. The van der Waals surface area contributed by atoms with Crippen LogP contribution < -0.4 is 0 Å². The quantitative estimate of drug-likeness (QED) is 0.174. The van der Waals surface area contributed by atoms with Crippen molar-refractivity contribution in [2.75, 3.05) is 0 Å². The van der Waals surface area contributed by atoms with Gasteiger partial charge in [0.15, 0.2) is 0 Å². The zero-order valence-electron chi connectivity index (χ0n) is 31.3. The highest BCUT2D eigenvalue weighted by molar-refractivity contribution is 6.23. The van der Waals surface area contributed by atoms with Gasteiger partial charge in [0.25, 0.3) is 0 Å². The van der Waals surface area contributed by atoms with E-state index in [1.54, 1.807) is 0 Å². The minimum atomic E-state index is 0.115. The summed E-state index contributed by atoms with van der Waals surface area (Å²) in [6, 6.07) is 59.0. The molecule has 10 aromatic rings. The molecule has 54 heavy (non-hydrogen) atoms. The topological polar surface area (TPSA) is 9.86 Å². The van der Waals surface area contributed by atoms with Crippen molar-refractivity contribution in [3.8, 4) is 22.5 Å². The predicted octanol–water partition coefficient (Wildman–Crippen LogP) is 14.2. The monoisotopic (exact) mass is 694 g/mol. The van der Waals surface area contributed by atoms with Gasteiger partial charge in [-0.3, -0.25) is 0 Å². The van der Waals surface area contributed by atoms with Crippen LogP contribution in [0.4, 0.5) is 0 Å². The van der Waals surface area contributed by atoms with Crippen LogP contribution in [0.25, 0.3) is 87.7 Å². The summed E-state index contributed by atoms with van der Waals surface area (Å²) >= 11 is 0. The molecule has 0 amide bonds. The van der Waals surface area contributed by atoms with Gasteiger partial charge in [0.05, 0.1) is 22.1 Å². The van der Waals surface area contributed by atoms with E-state index < -0.39 is 0 Å². The number of hydrogen-bond donors (Lipinski definition) is 0. The van der Waals surface area contributed by atoms with Gasteiger partial charge in [-0.25, -0.2) is 0 Å². The molecule has 1 aliphatic rings. The van der Waals surface area contributed by atoms with Gasteiger partial charge in [-0.2, -0.15) is 0 Å². The maximum Gasteiger partial charge on any atom is 0.0619 e. The summed E-state index contributed by atoms with van der Waals surface area (Å²) in [6.07, 6.45) is 2.38. The Morgan fingerprint density at radius 3 is 1.67 bits per heavy atom. The Bertz CT molecular complexity index is 3130. The Labute approximate surface area is 315 Å². The average Bonchev–Trinajstić information content (AvgIpc) is 3.70. The zero-order valence-corrected chi connectivity index (χ0v) is 31.3. The fourth-order valence-electron chi connectivity index (χ4n) is 9.74. The van der Waals surface area contributed by atoms with E-state index in [-0.39, 0.29) is 10.8 Å². The first kappa shape index (κ1) is 31.4. The fraction of sp³-hybridized carbons (Fsp3) is 0.154.